The molecule has 0 spiro atoms. The van der Waals surface area contributed by atoms with Gasteiger partial charge in [-0.2, -0.15) is 0 Å². The molecule has 0 saturated heterocycles. The third kappa shape index (κ3) is 3.42. The average Bonchev–Trinajstić information content (AvgIpc) is 2.26. The molecular formula is C13H18N2O. The maximum atomic E-state index is 11.4. The average molecular weight is 218 g/mol. The van der Waals surface area contributed by atoms with Crippen LogP contribution in [-0.2, 0) is 0 Å². The summed E-state index contributed by atoms with van der Waals surface area (Å²) in [5.74, 6) is 0. The first-order valence-corrected chi connectivity index (χ1v) is 5.36. The minimum absolute atomic E-state index is 0.00557. The highest BCUT2D eigenvalue weighted by atomic mass is 16.2. The topological polar surface area (TPSA) is 41.1 Å². The second-order valence-corrected chi connectivity index (χ2v) is 3.72. The number of carbonyl (C=O) groups excluding carboxylic acids is 1. The Hall–Kier alpha value is -1.77. The fourth-order valence-corrected chi connectivity index (χ4v) is 1.56. The van der Waals surface area contributed by atoms with Crippen LogP contribution in [0.15, 0.2) is 36.9 Å². The summed E-state index contributed by atoms with van der Waals surface area (Å²) in [6.07, 6.45) is 1.65. The van der Waals surface area contributed by atoms with Crippen LogP contribution in [0.5, 0.6) is 0 Å². The summed E-state index contributed by atoms with van der Waals surface area (Å²) in [5, 5.41) is 5.56. The summed E-state index contributed by atoms with van der Waals surface area (Å²) in [5.41, 5.74) is 2.32. The van der Waals surface area contributed by atoms with Crippen molar-refractivity contribution in [2.24, 2.45) is 0 Å². The Morgan fingerprint density at radius 1 is 1.50 bits per heavy atom. The highest BCUT2D eigenvalue weighted by Gasteiger charge is 2.09. The van der Waals surface area contributed by atoms with Crippen molar-refractivity contribution in [3.63, 3.8) is 0 Å². The Morgan fingerprint density at radius 2 is 2.19 bits per heavy atom. The van der Waals surface area contributed by atoms with Crippen molar-refractivity contribution in [3.8, 4) is 0 Å². The zero-order chi connectivity index (χ0) is 12.0. The van der Waals surface area contributed by atoms with Crippen LogP contribution in [0.2, 0.25) is 0 Å². The number of rotatable bonds is 4. The smallest absolute Gasteiger partial charge is 0.315 e. The fraction of sp³-hybridized carbons (Fsp3) is 0.308. The number of hydrogen-bond donors (Lipinski definition) is 2. The molecule has 0 radical (unpaired) electrons. The van der Waals surface area contributed by atoms with E-state index in [0.717, 1.165) is 5.56 Å². The molecule has 1 aromatic rings. The van der Waals surface area contributed by atoms with E-state index in [0.29, 0.717) is 6.54 Å². The van der Waals surface area contributed by atoms with Gasteiger partial charge in [-0.3, -0.25) is 0 Å². The predicted molar refractivity (Wildman–Crippen MR) is 66.3 cm³/mol. The molecule has 3 nitrogen and oxygen atoms in total. The Morgan fingerprint density at radius 3 is 2.81 bits per heavy atom. The molecule has 0 bridgehead atoms. The van der Waals surface area contributed by atoms with Crippen molar-refractivity contribution >= 4 is 6.03 Å². The highest BCUT2D eigenvalue weighted by molar-refractivity contribution is 5.74. The van der Waals surface area contributed by atoms with Crippen LogP contribution in [0.4, 0.5) is 4.79 Å². The highest BCUT2D eigenvalue weighted by Crippen LogP contribution is 2.16. The van der Waals surface area contributed by atoms with Gasteiger partial charge in [-0.15, -0.1) is 6.58 Å². The number of amides is 2. The molecule has 0 aliphatic rings. The largest absolute Gasteiger partial charge is 0.335 e. The number of hydrogen-bond acceptors (Lipinski definition) is 1. The van der Waals surface area contributed by atoms with Crippen LogP contribution in [-0.4, -0.2) is 12.6 Å². The van der Waals surface area contributed by atoms with Gasteiger partial charge in [0.15, 0.2) is 0 Å². The summed E-state index contributed by atoms with van der Waals surface area (Å²) in [4.78, 5) is 11.4. The molecule has 1 rings (SSSR count). The predicted octanol–water partition coefficient (Wildman–Crippen LogP) is 2.54. The van der Waals surface area contributed by atoms with Crippen molar-refractivity contribution in [3.05, 3.63) is 48.0 Å². The molecule has 2 N–H and O–H groups in total. The third-order valence-electron chi connectivity index (χ3n) is 2.41. The van der Waals surface area contributed by atoms with Gasteiger partial charge in [0.2, 0.25) is 0 Å². The number of carbonyl (C=O) groups is 1. The van der Waals surface area contributed by atoms with E-state index in [1.165, 1.54) is 5.56 Å². The Bertz CT molecular complexity index is 374. The molecule has 0 saturated carbocycles. The molecule has 2 amide bonds. The van der Waals surface area contributed by atoms with Crippen molar-refractivity contribution in [1.82, 2.24) is 10.6 Å². The Kier molecular flexibility index (Phi) is 4.58. The van der Waals surface area contributed by atoms with E-state index < -0.39 is 0 Å². The van der Waals surface area contributed by atoms with Gasteiger partial charge in [-0.05, 0) is 25.0 Å². The number of benzene rings is 1. The van der Waals surface area contributed by atoms with Gasteiger partial charge >= 0.3 is 6.03 Å². The molecule has 3 heteroatoms. The van der Waals surface area contributed by atoms with Crippen molar-refractivity contribution in [1.29, 1.82) is 0 Å². The standard InChI is InChI=1S/C13H18N2O/c1-4-9-14-13(16)15-11(3)12-8-6-5-7-10(12)2/h4-8,11H,1,9H2,2-3H3,(H2,14,15,16). The van der Waals surface area contributed by atoms with Crippen LogP contribution < -0.4 is 10.6 Å². The number of nitrogens with one attached hydrogen (secondary N) is 2. The van der Waals surface area contributed by atoms with Crippen LogP contribution in [0.25, 0.3) is 0 Å². The molecule has 86 valence electrons. The lowest BCUT2D eigenvalue weighted by Crippen LogP contribution is -2.37. The summed E-state index contributed by atoms with van der Waals surface area (Å²) < 4.78 is 0. The second kappa shape index (κ2) is 5.95. The lowest BCUT2D eigenvalue weighted by Gasteiger charge is -2.16. The molecule has 0 aliphatic carbocycles. The van der Waals surface area contributed by atoms with E-state index in [9.17, 15) is 4.79 Å². The molecule has 0 aromatic heterocycles. The minimum atomic E-state index is -0.171. The van der Waals surface area contributed by atoms with Gasteiger partial charge in [0.1, 0.15) is 0 Å². The van der Waals surface area contributed by atoms with Gasteiger partial charge in [0, 0.05) is 6.54 Å². The van der Waals surface area contributed by atoms with Crippen molar-refractivity contribution < 1.29 is 4.79 Å². The van der Waals surface area contributed by atoms with Gasteiger partial charge < -0.3 is 10.6 Å². The number of urea groups is 1. The monoisotopic (exact) mass is 218 g/mol. The maximum absolute atomic E-state index is 11.4. The van der Waals surface area contributed by atoms with Crippen LogP contribution in [0, 0.1) is 6.92 Å². The summed E-state index contributed by atoms with van der Waals surface area (Å²) in [7, 11) is 0. The fourth-order valence-electron chi connectivity index (χ4n) is 1.56. The summed E-state index contributed by atoms with van der Waals surface area (Å²) in [6, 6.07) is 7.86. The lowest BCUT2D eigenvalue weighted by atomic mass is 10.0. The molecule has 0 heterocycles. The number of aryl methyl sites for hydroxylation is 1. The lowest BCUT2D eigenvalue weighted by molar-refractivity contribution is 0.239. The van der Waals surface area contributed by atoms with Crippen molar-refractivity contribution in [2.75, 3.05) is 6.54 Å². The van der Waals surface area contributed by atoms with Gasteiger partial charge in [-0.1, -0.05) is 30.3 Å². The quantitative estimate of drug-likeness (QED) is 0.749. The zero-order valence-electron chi connectivity index (χ0n) is 9.79. The van der Waals surface area contributed by atoms with Crippen LogP contribution in [0.1, 0.15) is 24.1 Å². The second-order valence-electron chi connectivity index (χ2n) is 3.72. The van der Waals surface area contributed by atoms with E-state index in [-0.39, 0.29) is 12.1 Å². The van der Waals surface area contributed by atoms with E-state index in [2.05, 4.69) is 17.2 Å². The molecule has 1 unspecified atom stereocenters. The zero-order valence-corrected chi connectivity index (χ0v) is 9.79. The van der Waals surface area contributed by atoms with Gasteiger partial charge in [-0.25, -0.2) is 4.79 Å². The molecule has 0 fully saturated rings. The van der Waals surface area contributed by atoms with E-state index >= 15 is 0 Å². The van der Waals surface area contributed by atoms with E-state index in [1.54, 1.807) is 6.08 Å². The molecule has 1 aromatic carbocycles. The first-order chi connectivity index (χ1) is 7.65. The van der Waals surface area contributed by atoms with Crippen LogP contribution >= 0.6 is 0 Å². The van der Waals surface area contributed by atoms with E-state index in [1.807, 2.05) is 38.1 Å². The first kappa shape index (κ1) is 12.3. The minimum Gasteiger partial charge on any atom is -0.335 e. The molecule has 16 heavy (non-hydrogen) atoms. The Labute approximate surface area is 96.6 Å². The first-order valence-electron chi connectivity index (χ1n) is 5.36. The SMILES string of the molecule is C=CCNC(=O)NC(C)c1ccccc1C. The molecule has 0 aliphatic heterocycles. The molecular weight excluding hydrogens is 200 g/mol. The maximum Gasteiger partial charge on any atom is 0.315 e. The Balaban J connectivity index is 2.58. The summed E-state index contributed by atoms with van der Waals surface area (Å²) in [6.45, 7) is 8.03. The molecule has 1 atom stereocenters. The van der Waals surface area contributed by atoms with E-state index in [4.69, 9.17) is 0 Å². The normalized spacial score (nSPS) is 11.6. The summed E-state index contributed by atoms with van der Waals surface area (Å²) >= 11 is 0. The van der Waals surface area contributed by atoms with Gasteiger partial charge in [0.25, 0.3) is 0 Å². The van der Waals surface area contributed by atoms with Crippen molar-refractivity contribution in [2.45, 2.75) is 19.9 Å². The third-order valence-corrected chi connectivity index (χ3v) is 2.41. The van der Waals surface area contributed by atoms with Gasteiger partial charge in [0.05, 0.1) is 6.04 Å². The van der Waals surface area contributed by atoms with Crippen LogP contribution in [0.3, 0.4) is 0 Å².